The second-order valence-corrected chi connectivity index (χ2v) is 2.09. The van der Waals surface area contributed by atoms with Gasteiger partial charge < -0.3 is 0 Å². The van der Waals surface area contributed by atoms with Crippen molar-refractivity contribution in [3.8, 4) is 0 Å². The fourth-order valence-corrected chi connectivity index (χ4v) is 0.500. The lowest BCUT2D eigenvalue weighted by Crippen LogP contribution is -1.77. The molecule has 0 radical (unpaired) electrons. The Morgan fingerprint density at radius 1 is 1.71 bits per heavy atom. The standard InChI is InChI=1S/C7H14/c1-6(2)5-7(3)4/h5-6H,1-4H3/i3D3/b7-5-. The lowest BCUT2D eigenvalue weighted by Gasteiger charge is -1.93. The molecular formula is C7H14. The third-order valence-electron chi connectivity index (χ3n) is 0.583. The van der Waals surface area contributed by atoms with Crippen LogP contribution in [0.2, 0.25) is 0 Å². The van der Waals surface area contributed by atoms with Gasteiger partial charge in [-0.25, -0.2) is 0 Å². The van der Waals surface area contributed by atoms with Crippen molar-refractivity contribution in [2.24, 2.45) is 5.92 Å². The van der Waals surface area contributed by atoms with Gasteiger partial charge in [0.15, 0.2) is 0 Å². The third kappa shape index (κ3) is 5.74. The van der Waals surface area contributed by atoms with Crippen molar-refractivity contribution in [1.29, 1.82) is 0 Å². The van der Waals surface area contributed by atoms with Crippen LogP contribution in [0.3, 0.4) is 0 Å². The maximum atomic E-state index is 7.00. The summed E-state index contributed by atoms with van der Waals surface area (Å²) < 4.78 is 21.0. The molecule has 0 heteroatoms. The van der Waals surface area contributed by atoms with Crippen molar-refractivity contribution in [2.75, 3.05) is 0 Å². The maximum absolute atomic E-state index is 7.00. The molecule has 0 aromatic heterocycles. The molecule has 0 atom stereocenters. The largest absolute Gasteiger partial charge is 0.0833 e. The summed E-state index contributed by atoms with van der Waals surface area (Å²) >= 11 is 0. The zero-order chi connectivity index (χ0) is 8.36. The predicted octanol–water partition coefficient (Wildman–Crippen LogP) is 2.61. The topological polar surface area (TPSA) is 0 Å². The molecule has 0 aliphatic rings. The van der Waals surface area contributed by atoms with Gasteiger partial charge in [0.2, 0.25) is 0 Å². The molecule has 0 aliphatic carbocycles. The maximum Gasteiger partial charge on any atom is 0.0276 e. The summed E-state index contributed by atoms with van der Waals surface area (Å²) in [6, 6.07) is 0. The van der Waals surface area contributed by atoms with Gasteiger partial charge >= 0.3 is 0 Å². The zero-order valence-electron chi connectivity index (χ0n) is 8.15. The Morgan fingerprint density at radius 2 is 2.29 bits per heavy atom. The number of allylic oxidation sites excluding steroid dienone is 2. The minimum absolute atomic E-state index is 0.320. The van der Waals surface area contributed by atoms with Crippen LogP contribution in [0.15, 0.2) is 11.6 Å². The molecule has 0 heterocycles. The molecule has 0 rings (SSSR count). The van der Waals surface area contributed by atoms with Crippen LogP contribution in [-0.4, -0.2) is 0 Å². The summed E-state index contributed by atoms with van der Waals surface area (Å²) in [5.41, 5.74) is 0.488. The van der Waals surface area contributed by atoms with Gasteiger partial charge in [-0.3, -0.25) is 0 Å². The minimum Gasteiger partial charge on any atom is -0.0833 e. The second-order valence-electron chi connectivity index (χ2n) is 2.09. The lowest BCUT2D eigenvalue weighted by atomic mass is 10.1. The van der Waals surface area contributed by atoms with E-state index in [2.05, 4.69) is 0 Å². The van der Waals surface area contributed by atoms with Gasteiger partial charge in [-0.15, -0.1) is 0 Å². The van der Waals surface area contributed by atoms with E-state index in [9.17, 15) is 0 Å². The molecule has 0 spiro atoms. The van der Waals surface area contributed by atoms with E-state index in [-0.39, 0.29) is 0 Å². The first-order valence-electron chi connectivity index (χ1n) is 4.03. The van der Waals surface area contributed by atoms with Crippen molar-refractivity contribution in [2.45, 2.75) is 27.6 Å². The van der Waals surface area contributed by atoms with Gasteiger partial charge in [0.1, 0.15) is 0 Å². The fraction of sp³-hybridized carbons (Fsp3) is 0.714. The van der Waals surface area contributed by atoms with Crippen LogP contribution in [0.25, 0.3) is 0 Å². The van der Waals surface area contributed by atoms with Gasteiger partial charge in [-0.2, -0.15) is 0 Å². The van der Waals surface area contributed by atoms with E-state index in [1.54, 1.807) is 13.0 Å². The SMILES string of the molecule is [2H]C([2H])([2H])/C(C)=C/C(C)C. The van der Waals surface area contributed by atoms with E-state index in [0.29, 0.717) is 11.5 Å². The number of hydrogen-bond donors (Lipinski definition) is 0. The lowest BCUT2D eigenvalue weighted by molar-refractivity contribution is 0.822. The van der Waals surface area contributed by atoms with Crippen LogP contribution in [0.5, 0.6) is 0 Å². The summed E-state index contributed by atoms with van der Waals surface area (Å²) in [4.78, 5) is 0. The van der Waals surface area contributed by atoms with E-state index >= 15 is 0 Å². The normalized spacial score (nSPS) is 21.1. The molecule has 0 aliphatic heterocycles. The van der Waals surface area contributed by atoms with Gasteiger partial charge in [-0.05, 0) is 19.7 Å². The third-order valence-corrected chi connectivity index (χ3v) is 0.583. The molecule has 0 fully saturated rings. The van der Waals surface area contributed by atoms with E-state index in [1.807, 2.05) is 13.8 Å². The molecule has 7 heavy (non-hydrogen) atoms. The minimum atomic E-state index is -1.90. The molecule has 0 saturated heterocycles. The predicted molar refractivity (Wildman–Crippen MR) is 34.3 cm³/mol. The monoisotopic (exact) mass is 101 g/mol. The molecule has 0 bridgehead atoms. The van der Waals surface area contributed by atoms with Crippen LogP contribution in [0.4, 0.5) is 0 Å². The first-order chi connectivity index (χ1) is 4.34. The van der Waals surface area contributed by atoms with E-state index in [1.165, 1.54) is 0 Å². The quantitative estimate of drug-likeness (QED) is 0.445. The van der Waals surface area contributed by atoms with Gasteiger partial charge in [0.25, 0.3) is 0 Å². The van der Waals surface area contributed by atoms with E-state index < -0.39 is 6.85 Å². The Hall–Kier alpha value is -0.260. The van der Waals surface area contributed by atoms with Crippen LogP contribution in [-0.2, 0) is 0 Å². The van der Waals surface area contributed by atoms with Crippen molar-refractivity contribution in [3.63, 3.8) is 0 Å². The van der Waals surface area contributed by atoms with Crippen LogP contribution < -0.4 is 0 Å². The molecule has 0 aromatic rings. The van der Waals surface area contributed by atoms with Crippen LogP contribution >= 0.6 is 0 Å². The molecule has 0 saturated carbocycles. The van der Waals surface area contributed by atoms with Crippen LogP contribution in [0.1, 0.15) is 31.7 Å². The number of rotatable bonds is 1. The average Bonchev–Trinajstić information content (AvgIpc) is 1.60. The summed E-state index contributed by atoms with van der Waals surface area (Å²) in [7, 11) is 0. The average molecular weight is 101 g/mol. The highest BCUT2D eigenvalue weighted by atomic mass is 13.9. The molecule has 0 N–H and O–H groups in total. The van der Waals surface area contributed by atoms with E-state index in [0.717, 1.165) is 0 Å². The smallest absolute Gasteiger partial charge is 0.0276 e. The Kier molecular flexibility index (Phi) is 1.18. The highest BCUT2D eigenvalue weighted by Gasteiger charge is 1.82. The first-order valence-corrected chi connectivity index (χ1v) is 2.53. The molecule has 0 nitrogen and oxygen atoms in total. The first kappa shape index (κ1) is 2.91. The Balaban J connectivity index is 4.20. The van der Waals surface area contributed by atoms with Gasteiger partial charge in [0, 0.05) is 4.11 Å². The van der Waals surface area contributed by atoms with Crippen molar-refractivity contribution < 1.29 is 4.11 Å². The summed E-state index contributed by atoms with van der Waals surface area (Å²) in [5.74, 6) is 0.320. The summed E-state index contributed by atoms with van der Waals surface area (Å²) in [6.07, 6.45) is 1.77. The Labute approximate surface area is 50.5 Å². The van der Waals surface area contributed by atoms with Gasteiger partial charge in [-0.1, -0.05) is 25.5 Å². The van der Waals surface area contributed by atoms with Crippen molar-refractivity contribution in [1.82, 2.24) is 0 Å². The second kappa shape index (κ2) is 2.84. The number of hydrogen-bond acceptors (Lipinski definition) is 0. The molecule has 0 unspecified atom stereocenters. The molecule has 42 valence electrons. The Bertz CT molecular complexity index is 130. The van der Waals surface area contributed by atoms with E-state index in [4.69, 9.17) is 4.11 Å². The highest BCUT2D eigenvalue weighted by molar-refractivity contribution is 4.94. The zero-order valence-corrected chi connectivity index (χ0v) is 5.15. The van der Waals surface area contributed by atoms with Gasteiger partial charge in [0.05, 0.1) is 0 Å². The summed E-state index contributed by atoms with van der Waals surface area (Å²) in [5, 5.41) is 0. The molecule has 0 amide bonds. The van der Waals surface area contributed by atoms with Crippen molar-refractivity contribution in [3.05, 3.63) is 11.6 Å². The summed E-state index contributed by atoms with van der Waals surface area (Å²) in [6.45, 7) is 3.68. The van der Waals surface area contributed by atoms with Crippen LogP contribution in [0, 0.1) is 5.92 Å². The fourth-order valence-electron chi connectivity index (χ4n) is 0.500. The highest BCUT2D eigenvalue weighted by Crippen LogP contribution is 1.98. The molecular weight excluding hydrogens is 84.1 g/mol. The molecule has 0 aromatic carbocycles. The van der Waals surface area contributed by atoms with Crippen molar-refractivity contribution >= 4 is 0 Å². The Morgan fingerprint density at radius 3 is 2.43 bits per heavy atom.